The minimum absolute atomic E-state index is 0.0720. The Labute approximate surface area is 148 Å². The molecule has 1 amide bonds. The Balaban J connectivity index is 1.72. The van der Waals surface area contributed by atoms with Crippen molar-refractivity contribution in [1.29, 1.82) is 0 Å². The molecule has 0 aliphatic heterocycles. The zero-order chi connectivity index (χ0) is 18.1. The van der Waals surface area contributed by atoms with Crippen LogP contribution in [-0.4, -0.2) is 24.5 Å². The van der Waals surface area contributed by atoms with Crippen LogP contribution in [0, 0.1) is 0 Å². The maximum atomic E-state index is 12.1. The molecule has 134 valence electrons. The average molecular weight is 368 g/mol. The van der Waals surface area contributed by atoms with Crippen LogP contribution in [0.4, 0.5) is 8.78 Å². The topological polar surface area (TPSA) is 63.8 Å². The van der Waals surface area contributed by atoms with E-state index in [0.29, 0.717) is 29.0 Å². The standard InChI is InChI=1S/C17H18F2N2O3S/c1-2-12-3-5-13(6-4-12)23-10-16(22)21-20-9-14-7-8-15(24-14)11-25-17(18)19/h3-9,17H,2,10-11H2,1H3,(H,21,22)/b20-9-. The number of hydrogen-bond acceptors (Lipinski definition) is 5. The molecule has 0 saturated carbocycles. The molecule has 1 aromatic heterocycles. The molecule has 2 aromatic rings. The summed E-state index contributed by atoms with van der Waals surface area (Å²) >= 11 is 0.475. The number of hydrogen-bond donors (Lipinski definition) is 1. The first-order valence-corrected chi connectivity index (χ1v) is 8.64. The Kier molecular flexibility index (Phi) is 7.46. The van der Waals surface area contributed by atoms with Crippen molar-refractivity contribution in [2.24, 2.45) is 5.10 Å². The molecule has 1 heterocycles. The maximum Gasteiger partial charge on any atom is 0.284 e. The van der Waals surface area contributed by atoms with Crippen molar-refractivity contribution in [2.45, 2.75) is 24.9 Å². The molecule has 25 heavy (non-hydrogen) atoms. The molecule has 0 spiro atoms. The zero-order valence-corrected chi connectivity index (χ0v) is 14.4. The number of rotatable bonds is 9. The second kappa shape index (κ2) is 9.83. The third kappa shape index (κ3) is 6.96. The molecule has 0 radical (unpaired) electrons. The zero-order valence-electron chi connectivity index (χ0n) is 13.6. The predicted molar refractivity (Wildman–Crippen MR) is 93.1 cm³/mol. The van der Waals surface area contributed by atoms with Crippen molar-refractivity contribution in [3.63, 3.8) is 0 Å². The molecular weight excluding hydrogens is 350 g/mol. The van der Waals surface area contributed by atoms with Gasteiger partial charge in [0.15, 0.2) is 6.61 Å². The molecule has 0 fully saturated rings. The summed E-state index contributed by atoms with van der Waals surface area (Å²) in [7, 11) is 0. The van der Waals surface area contributed by atoms with Gasteiger partial charge in [-0.05, 0) is 36.2 Å². The summed E-state index contributed by atoms with van der Waals surface area (Å²) in [5.74, 6) is -1.42. The van der Waals surface area contributed by atoms with Gasteiger partial charge < -0.3 is 9.15 Å². The molecule has 0 aliphatic rings. The van der Waals surface area contributed by atoms with Crippen LogP contribution >= 0.6 is 11.8 Å². The van der Waals surface area contributed by atoms with Gasteiger partial charge in [0.1, 0.15) is 17.3 Å². The highest BCUT2D eigenvalue weighted by Gasteiger charge is 2.06. The molecule has 0 saturated heterocycles. The molecule has 0 unspecified atom stereocenters. The number of hydrazone groups is 1. The first kappa shape index (κ1) is 19.0. The van der Waals surface area contributed by atoms with Crippen molar-refractivity contribution in [3.05, 3.63) is 53.5 Å². The first-order chi connectivity index (χ1) is 12.1. The summed E-state index contributed by atoms with van der Waals surface area (Å²) in [6.07, 6.45) is 2.23. The van der Waals surface area contributed by atoms with Crippen LogP contribution in [-0.2, 0) is 17.0 Å². The number of benzene rings is 1. The van der Waals surface area contributed by atoms with E-state index < -0.39 is 11.7 Å². The van der Waals surface area contributed by atoms with E-state index >= 15 is 0 Å². The van der Waals surface area contributed by atoms with Crippen molar-refractivity contribution < 1.29 is 22.7 Å². The van der Waals surface area contributed by atoms with E-state index in [1.807, 2.05) is 12.1 Å². The third-order valence-corrected chi connectivity index (χ3v) is 3.82. The van der Waals surface area contributed by atoms with Gasteiger partial charge in [0.2, 0.25) is 0 Å². The lowest BCUT2D eigenvalue weighted by Gasteiger charge is -2.05. The van der Waals surface area contributed by atoms with Crippen LogP contribution < -0.4 is 10.2 Å². The number of furan rings is 1. The van der Waals surface area contributed by atoms with Crippen LogP contribution in [0.2, 0.25) is 0 Å². The highest BCUT2D eigenvalue weighted by atomic mass is 32.2. The summed E-state index contributed by atoms with van der Waals surface area (Å²) in [5.41, 5.74) is 3.49. The van der Waals surface area contributed by atoms with Crippen molar-refractivity contribution in [3.8, 4) is 5.75 Å². The molecule has 1 aromatic carbocycles. The van der Waals surface area contributed by atoms with E-state index in [1.165, 1.54) is 11.8 Å². The van der Waals surface area contributed by atoms with Crippen molar-refractivity contribution in [2.75, 3.05) is 6.61 Å². The lowest BCUT2D eigenvalue weighted by molar-refractivity contribution is -0.123. The normalized spacial score (nSPS) is 11.2. The molecule has 0 bridgehead atoms. The Morgan fingerprint density at radius 1 is 1.32 bits per heavy atom. The van der Waals surface area contributed by atoms with Crippen LogP contribution in [0.1, 0.15) is 24.0 Å². The highest BCUT2D eigenvalue weighted by Crippen LogP contribution is 2.20. The van der Waals surface area contributed by atoms with Gasteiger partial charge in [0.05, 0.1) is 12.0 Å². The smallest absolute Gasteiger partial charge is 0.284 e. The minimum Gasteiger partial charge on any atom is -0.484 e. The molecule has 8 heteroatoms. The van der Waals surface area contributed by atoms with E-state index in [1.54, 1.807) is 24.3 Å². The second-order valence-corrected chi connectivity index (χ2v) is 5.93. The molecule has 0 aliphatic carbocycles. The summed E-state index contributed by atoms with van der Waals surface area (Å²) in [6.45, 7) is 1.89. The van der Waals surface area contributed by atoms with Gasteiger partial charge in [0, 0.05) is 0 Å². The van der Waals surface area contributed by atoms with Crippen molar-refractivity contribution in [1.82, 2.24) is 5.43 Å². The number of alkyl halides is 2. The number of halogens is 2. The Morgan fingerprint density at radius 3 is 2.76 bits per heavy atom. The Bertz CT molecular complexity index is 702. The summed E-state index contributed by atoms with van der Waals surface area (Å²) < 4.78 is 34.8. The minimum atomic E-state index is -2.44. The van der Waals surface area contributed by atoms with Crippen LogP contribution in [0.5, 0.6) is 5.75 Å². The van der Waals surface area contributed by atoms with E-state index in [9.17, 15) is 13.6 Å². The number of carbonyl (C=O) groups excluding carboxylic acids is 1. The van der Waals surface area contributed by atoms with Gasteiger partial charge >= 0.3 is 0 Å². The van der Waals surface area contributed by atoms with Gasteiger partial charge in [-0.2, -0.15) is 13.9 Å². The number of nitrogens with one attached hydrogen (secondary N) is 1. The number of carbonyl (C=O) groups is 1. The van der Waals surface area contributed by atoms with Gasteiger partial charge in [-0.3, -0.25) is 4.79 Å². The monoisotopic (exact) mass is 368 g/mol. The Hall–Kier alpha value is -2.35. The Morgan fingerprint density at radius 2 is 2.08 bits per heavy atom. The summed E-state index contributed by atoms with van der Waals surface area (Å²) in [6, 6.07) is 10.6. The SMILES string of the molecule is CCc1ccc(OCC(=O)N/N=C\c2ccc(CSC(F)F)o2)cc1. The quantitative estimate of drug-likeness (QED) is 0.540. The van der Waals surface area contributed by atoms with Crippen LogP contribution in [0.3, 0.4) is 0 Å². The summed E-state index contributed by atoms with van der Waals surface area (Å²) in [5, 5.41) is 3.74. The lowest BCUT2D eigenvalue weighted by atomic mass is 10.2. The van der Waals surface area contributed by atoms with E-state index in [4.69, 9.17) is 9.15 Å². The number of ether oxygens (including phenoxy) is 1. The van der Waals surface area contributed by atoms with E-state index in [-0.39, 0.29) is 12.4 Å². The number of thioether (sulfide) groups is 1. The summed E-state index contributed by atoms with van der Waals surface area (Å²) in [4.78, 5) is 11.6. The average Bonchev–Trinajstić information content (AvgIpc) is 3.06. The molecule has 0 atom stereocenters. The maximum absolute atomic E-state index is 12.1. The molecule has 5 nitrogen and oxygen atoms in total. The number of amides is 1. The van der Waals surface area contributed by atoms with Crippen LogP contribution in [0.25, 0.3) is 0 Å². The van der Waals surface area contributed by atoms with Crippen LogP contribution in [0.15, 0.2) is 45.9 Å². The first-order valence-electron chi connectivity index (χ1n) is 7.59. The third-order valence-electron chi connectivity index (χ3n) is 3.12. The van der Waals surface area contributed by atoms with Gasteiger partial charge in [-0.15, -0.1) is 0 Å². The predicted octanol–water partition coefficient (Wildman–Crippen LogP) is 3.83. The van der Waals surface area contributed by atoms with Gasteiger partial charge in [0.25, 0.3) is 11.7 Å². The highest BCUT2D eigenvalue weighted by molar-refractivity contribution is 7.98. The fourth-order valence-electron chi connectivity index (χ4n) is 1.86. The fraction of sp³-hybridized carbons (Fsp3) is 0.294. The number of nitrogens with zero attached hydrogens (tertiary/aromatic N) is 1. The number of aryl methyl sites for hydroxylation is 1. The van der Waals surface area contributed by atoms with Gasteiger partial charge in [-0.1, -0.05) is 30.8 Å². The fourth-order valence-corrected chi connectivity index (χ4v) is 2.30. The molecule has 2 rings (SSSR count). The van der Waals surface area contributed by atoms with Crippen molar-refractivity contribution >= 4 is 23.9 Å². The molecular formula is C17H18F2N2O3S. The largest absolute Gasteiger partial charge is 0.484 e. The molecule has 1 N–H and O–H groups in total. The van der Waals surface area contributed by atoms with E-state index in [2.05, 4.69) is 17.5 Å². The lowest BCUT2D eigenvalue weighted by Crippen LogP contribution is -2.24. The van der Waals surface area contributed by atoms with E-state index in [0.717, 1.165) is 6.42 Å². The van der Waals surface area contributed by atoms with Gasteiger partial charge in [-0.25, -0.2) is 5.43 Å². The second-order valence-electron chi connectivity index (χ2n) is 4.96.